The van der Waals surface area contributed by atoms with Crippen molar-refractivity contribution in [3.8, 4) is 11.8 Å². The van der Waals surface area contributed by atoms with E-state index in [1.165, 1.54) is 0 Å². The molecule has 0 amide bonds. The summed E-state index contributed by atoms with van der Waals surface area (Å²) in [5.74, 6) is 1.33. The number of nitrogens with zero attached hydrogens (tertiary/aromatic N) is 1. The minimum atomic E-state index is -0.572. The highest BCUT2D eigenvalue weighted by atomic mass is 16.5. The molecule has 4 heteroatoms. The molecule has 0 bridgehead atoms. The van der Waals surface area contributed by atoms with Gasteiger partial charge in [0.15, 0.2) is 0 Å². The Balaban J connectivity index is 1.87. The van der Waals surface area contributed by atoms with Gasteiger partial charge in [0.1, 0.15) is 11.8 Å². The minimum absolute atomic E-state index is 0.544. The largest absolute Gasteiger partial charge is 0.495 e. The van der Waals surface area contributed by atoms with Crippen LogP contribution in [0.3, 0.4) is 0 Å². The van der Waals surface area contributed by atoms with E-state index in [0.29, 0.717) is 24.4 Å². The van der Waals surface area contributed by atoms with Crippen LogP contribution in [0.5, 0.6) is 5.75 Å². The van der Waals surface area contributed by atoms with E-state index in [1.54, 1.807) is 7.11 Å². The van der Waals surface area contributed by atoms with Crippen molar-refractivity contribution in [2.45, 2.75) is 44.8 Å². The van der Waals surface area contributed by atoms with Crippen LogP contribution in [0.2, 0.25) is 0 Å². The molecule has 2 rings (SSSR count). The molecule has 0 unspecified atom stereocenters. The second-order valence-electron chi connectivity index (χ2n) is 6.16. The maximum absolute atomic E-state index is 10.5. The second-order valence-corrected chi connectivity index (χ2v) is 6.16. The summed E-state index contributed by atoms with van der Waals surface area (Å²) in [4.78, 5) is 0. The van der Waals surface area contributed by atoms with Crippen LogP contribution in [0.1, 0.15) is 43.7 Å². The first-order chi connectivity index (χ1) is 10.1. The lowest BCUT2D eigenvalue weighted by Crippen LogP contribution is -2.43. The van der Waals surface area contributed by atoms with E-state index in [1.807, 2.05) is 18.2 Å². The number of ether oxygens (including phenoxy) is 1. The van der Waals surface area contributed by atoms with E-state index in [-0.39, 0.29) is 0 Å². The van der Waals surface area contributed by atoms with Gasteiger partial charge in [-0.3, -0.25) is 0 Å². The van der Waals surface area contributed by atoms with Crippen molar-refractivity contribution in [3.63, 3.8) is 0 Å². The number of nitrogens with one attached hydrogen (secondary N) is 1. The lowest BCUT2D eigenvalue weighted by Gasteiger charge is -2.35. The molecule has 0 aliphatic heterocycles. The first kappa shape index (κ1) is 15.8. The van der Waals surface area contributed by atoms with Gasteiger partial charge in [-0.15, -0.1) is 0 Å². The molecular formula is C17H24N2O2. The molecule has 1 fully saturated rings. The molecule has 0 saturated heterocycles. The number of nitriles is 1. The Morgan fingerprint density at radius 3 is 2.76 bits per heavy atom. The maximum Gasteiger partial charge on any atom is 0.136 e. The van der Waals surface area contributed by atoms with Gasteiger partial charge in [-0.2, -0.15) is 5.26 Å². The van der Waals surface area contributed by atoms with Gasteiger partial charge >= 0.3 is 0 Å². The van der Waals surface area contributed by atoms with Crippen molar-refractivity contribution in [1.82, 2.24) is 5.32 Å². The van der Waals surface area contributed by atoms with Gasteiger partial charge in [0.25, 0.3) is 0 Å². The van der Waals surface area contributed by atoms with Crippen LogP contribution >= 0.6 is 0 Å². The zero-order chi connectivity index (χ0) is 15.3. The van der Waals surface area contributed by atoms with Crippen molar-refractivity contribution < 1.29 is 9.84 Å². The van der Waals surface area contributed by atoms with Crippen molar-refractivity contribution in [2.24, 2.45) is 5.92 Å². The number of benzene rings is 1. The highest BCUT2D eigenvalue weighted by Crippen LogP contribution is 2.31. The summed E-state index contributed by atoms with van der Waals surface area (Å²) in [7, 11) is 1.56. The van der Waals surface area contributed by atoms with Crippen LogP contribution in [0.4, 0.5) is 0 Å². The molecule has 21 heavy (non-hydrogen) atoms. The monoisotopic (exact) mass is 288 g/mol. The van der Waals surface area contributed by atoms with E-state index >= 15 is 0 Å². The van der Waals surface area contributed by atoms with Crippen molar-refractivity contribution in [3.05, 3.63) is 29.3 Å². The fraction of sp³-hybridized carbons (Fsp3) is 0.588. The van der Waals surface area contributed by atoms with E-state index in [2.05, 4.69) is 18.3 Å². The summed E-state index contributed by atoms with van der Waals surface area (Å²) >= 11 is 0. The van der Waals surface area contributed by atoms with Crippen LogP contribution < -0.4 is 10.1 Å². The van der Waals surface area contributed by atoms with Gasteiger partial charge in [0.05, 0.1) is 18.3 Å². The Morgan fingerprint density at radius 2 is 2.14 bits per heavy atom. The molecule has 0 heterocycles. The molecular weight excluding hydrogens is 264 g/mol. The Morgan fingerprint density at radius 1 is 1.43 bits per heavy atom. The van der Waals surface area contributed by atoms with Crippen LogP contribution in [0.15, 0.2) is 18.2 Å². The summed E-state index contributed by atoms with van der Waals surface area (Å²) in [5, 5.41) is 22.9. The average Bonchev–Trinajstić information content (AvgIpc) is 2.50. The van der Waals surface area contributed by atoms with Crippen molar-refractivity contribution in [2.75, 3.05) is 13.7 Å². The van der Waals surface area contributed by atoms with Crippen LogP contribution in [-0.4, -0.2) is 24.4 Å². The zero-order valence-electron chi connectivity index (χ0n) is 12.9. The van der Waals surface area contributed by atoms with Crippen LogP contribution in [0, 0.1) is 17.2 Å². The molecule has 0 atom stereocenters. The van der Waals surface area contributed by atoms with Gasteiger partial charge in [-0.1, -0.05) is 13.0 Å². The average molecular weight is 288 g/mol. The summed E-state index contributed by atoms with van der Waals surface area (Å²) in [6.07, 6.45) is 3.93. The quantitative estimate of drug-likeness (QED) is 0.874. The Kier molecular flexibility index (Phi) is 5.22. The SMILES string of the molecule is COc1ccc(CNCC2(O)CCC(C)CC2)cc1C#N. The summed E-state index contributed by atoms with van der Waals surface area (Å²) < 4.78 is 5.13. The third kappa shape index (κ3) is 4.20. The van der Waals surface area contributed by atoms with Gasteiger partial charge in [0, 0.05) is 13.1 Å². The third-order valence-electron chi connectivity index (χ3n) is 4.37. The maximum atomic E-state index is 10.5. The van der Waals surface area contributed by atoms with Gasteiger partial charge in [0.2, 0.25) is 0 Å². The first-order valence-corrected chi connectivity index (χ1v) is 7.56. The zero-order valence-corrected chi connectivity index (χ0v) is 12.9. The second kappa shape index (κ2) is 6.93. The Bertz CT molecular complexity index is 514. The van der Waals surface area contributed by atoms with Crippen LogP contribution in [-0.2, 0) is 6.54 Å². The summed E-state index contributed by atoms with van der Waals surface area (Å²) in [6.45, 7) is 3.50. The number of aliphatic hydroxyl groups is 1. The first-order valence-electron chi connectivity index (χ1n) is 7.56. The topological polar surface area (TPSA) is 65.3 Å². The highest BCUT2D eigenvalue weighted by molar-refractivity contribution is 5.45. The molecule has 4 nitrogen and oxygen atoms in total. The molecule has 114 valence electrons. The molecule has 1 aliphatic carbocycles. The Labute approximate surface area is 126 Å². The molecule has 1 aliphatic rings. The molecule has 1 aromatic carbocycles. The molecule has 1 saturated carbocycles. The molecule has 0 radical (unpaired) electrons. The fourth-order valence-electron chi connectivity index (χ4n) is 2.87. The van der Waals surface area contributed by atoms with Gasteiger partial charge in [-0.25, -0.2) is 0 Å². The normalized spacial score (nSPS) is 25.3. The molecule has 0 spiro atoms. The molecule has 1 aromatic rings. The highest BCUT2D eigenvalue weighted by Gasteiger charge is 2.31. The van der Waals surface area contributed by atoms with Crippen molar-refractivity contribution in [1.29, 1.82) is 5.26 Å². The van der Waals surface area contributed by atoms with Crippen LogP contribution in [0.25, 0.3) is 0 Å². The Hall–Kier alpha value is -1.57. The summed E-state index contributed by atoms with van der Waals surface area (Å²) in [5.41, 5.74) is 0.999. The standard InChI is InChI=1S/C17H24N2O2/c1-13-5-7-17(20,8-6-13)12-19-11-14-3-4-16(21-2)15(9-14)10-18/h3-4,9,13,19-20H,5-8,11-12H2,1-2H3. The smallest absolute Gasteiger partial charge is 0.136 e. The minimum Gasteiger partial charge on any atom is -0.495 e. The molecule has 0 aromatic heterocycles. The predicted octanol–water partition coefficient (Wildman–Crippen LogP) is 2.60. The molecule has 2 N–H and O–H groups in total. The third-order valence-corrected chi connectivity index (χ3v) is 4.37. The lowest BCUT2D eigenvalue weighted by molar-refractivity contribution is -0.00630. The number of hydrogen-bond acceptors (Lipinski definition) is 4. The fourth-order valence-corrected chi connectivity index (χ4v) is 2.87. The number of methoxy groups -OCH3 is 1. The number of rotatable bonds is 5. The van der Waals surface area contributed by atoms with E-state index in [0.717, 1.165) is 37.2 Å². The van der Waals surface area contributed by atoms with Gasteiger partial charge < -0.3 is 15.2 Å². The predicted molar refractivity (Wildman–Crippen MR) is 82.0 cm³/mol. The van der Waals surface area contributed by atoms with Crippen molar-refractivity contribution >= 4 is 0 Å². The van der Waals surface area contributed by atoms with E-state index < -0.39 is 5.60 Å². The number of hydrogen-bond donors (Lipinski definition) is 2. The van der Waals surface area contributed by atoms with E-state index in [4.69, 9.17) is 10.00 Å². The lowest BCUT2D eigenvalue weighted by atomic mass is 9.79. The summed E-state index contributed by atoms with van der Waals surface area (Å²) in [6, 6.07) is 7.73. The van der Waals surface area contributed by atoms with Gasteiger partial charge in [-0.05, 0) is 49.3 Å². The van der Waals surface area contributed by atoms with E-state index in [9.17, 15) is 5.11 Å².